The molecular weight excluding hydrogens is 334 g/mol. The summed E-state index contributed by atoms with van der Waals surface area (Å²) in [6, 6.07) is 17.3. The van der Waals surface area contributed by atoms with Crippen LogP contribution >= 0.6 is 11.3 Å². The second kappa shape index (κ2) is 6.61. The van der Waals surface area contributed by atoms with E-state index in [1.54, 1.807) is 0 Å². The second-order valence-electron chi connectivity index (χ2n) is 5.63. The van der Waals surface area contributed by atoms with Crippen LogP contribution in [0.25, 0.3) is 10.4 Å². The van der Waals surface area contributed by atoms with Gasteiger partial charge in [0, 0.05) is 16.0 Å². The van der Waals surface area contributed by atoms with Gasteiger partial charge in [-0.25, -0.2) is 0 Å². The van der Waals surface area contributed by atoms with Crippen molar-refractivity contribution >= 4 is 22.9 Å². The van der Waals surface area contributed by atoms with Gasteiger partial charge in [0.25, 0.3) is 5.91 Å². The van der Waals surface area contributed by atoms with Gasteiger partial charge in [-0.1, -0.05) is 24.3 Å². The maximum atomic E-state index is 12.7. The summed E-state index contributed by atoms with van der Waals surface area (Å²) in [5.41, 5.74) is 2.77. The van der Waals surface area contributed by atoms with Gasteiger partial charge in [-0.15, -0.1) is 11.3 Å². The molecule has 2 aromatic carbocycles. The predicted molar refractivity (Wildman–Crippen MR) is 99.7 cm³/mol. The zero-order valence-electron chi connectivity index (χ0n) is 13.7. The molecule has 0 radical (unpaired) electrons. The molecule has 4 rings (SSSR count). The van der Waals surface area contributed by atoms with E-state index in [0.717, 1.165) is 21.8 Å². The molecule has 0 spiro atoms. The number of para-hydroxylation sites is 3. The van der Waals surface area contributed by atoms with E-state index >= 15 is 0 Å². The van der Waals surface area contributed by atoms with Gasteiger partial charge in [-0.05, 0) is 37.3 Å². The number of benzene rings is 2. The average Bonchev–Trinajstić information content (AvgIpc) is 3.08. The van der Waals surface area contributed by atoms with Crippen LogP contribution in [-0.4, -0.2) is 12.5 Å². The van der Waals surface area contributed by atoms with E-state index in [4.69, 9.17) is 9.47 Å². The Morgan fingerprint density at radius 1 is 1.20 bits per heavy atom. The van der Waals surface area contributed by atoms with Crippen molar-refractivity contribution in [1.29, 1.82) is 0 Å². The first-order chi connectivity index (χ1) is 12.3. The van der Waals surface area contributed by atoms with E-state index in [-0.39, 0.29) is 5.91 Å². The molecule has 4 nitrogen and oxygen atoms in total. The van der Waals surface area contributed by atoms with Crippen LogP contribution in [0.2, 0.25) is 0 Å². The van der Waals surface area contributed by atoms with Gasteiger partial charge < -0.3 is 14.8 Å². The van der Waals surface area contributed by atoms with Crippen molar-refractivity contribution in [1.82, 2.24) is 0 Å². The van der Waals surface area contributed by atoms with Crippen molar-refractivity contribution in [3.8, 4) is 21.9 Å². The Bertz CT molecular complexity index is 932. The molecular formula is C20H17NO3S. The van der Waals surface area contributed by atoms with Gasteiger partial charge >= 0.3 is 0 Å². The maximum absolute atomic E-state index is 12.7. The first-order valence-corrected chi connectivity index (χ1v) is 8.96. The van der Waals surface area contributed by atoms with Crippen molar-refractivity contribution < 1.29 is 14.3 Å². The minimum absolute atomic E-state index is 0.135. The summed E-state index contributed by atoms with van der Waals surface area (Å²) in [5.74, 6) is 1.41. The first-order valence-electron chi connectivity index (χ1n) is 8.14. The van der Waals surface area contributed by atoms with Crippen LogP contribution in [0.4, 0.5) is 5.69 Å². The van der Waals surface area contributed by atoms with Crippen molar-refractivity contribution in [2.24, 2.45) is 0 Å². The summed E-state index contributed by atoms with van der Waals surface area (Å²) in [6.45, 7) is 2.96. The minimum atomic E-state index is -0.135. The molecule has 1 aromatic heterocycles. The van der Waals surface area contributed by atoms with E-state index in [9.17, 15) is 4.79 Å². The molecule has 0 bridgehead atoms. The van der Waals surface area contributed by atoms with Gasteiger partial charge in [0.15, 0.2) is 0 Å². The molecule has 1 N–H and O–H groups in total. The number of anilines is 1. The highest BCUT2D eigenvalue weighted by Crippen LogP contribution is 2.42. The number of nitrogens with one attached hydrogen (secondary N) is 1. The number of ether oxygens (including phenoxy) is 2. The van der Waals surface area contributed by atoms with Gasteiger partial charge in [0.2, 0.25) is 0 Å². The second-order valence-corrected chi connectivity index (χ2v) is 6.69. The van der Waals surface area contributed by atoms with E-state index in [1.807, 2.05) is 61.5 Å². The Labute approximate surface area is 150 Å². The Morgan fingerprint density at radius 2 is 2.00 bits per heavy atom. The molecule has 1 aliphatic heterocycles. The summed E-state index contributed by atoms with van der Waals surface area (Å²) in [4.78, 5) is 14.5. The summed E-state index contributed by atoms with van der Waals surface area (Å²) in [5, 5.41) is 2.95. The third kappa shape index (κ3) is 2.98. The van der Waals surface area contributed by atoms with E-state index in [0.29, 0.717) is 29.5 Å². The number of hydrogen-bond donors (Lipinski definition) is 1. The summed E-state index contributed by atoms with van der Waals surface area (Å²) < 4.78 is 11.3. The molecule has 1 aliphatic rings. The fourth-order valence-corrected chi connectivity index (χ4v) is 3.94. The fourth-order valence-electron chi connectivity index (χ4n) is 2.85. The lowest BCUT2D eigenvalue weighted by Gasteiger charge is -2.16. The summed E-state index contributed by atoms with van der Waals surface area (Å²) in [6.07, 6.45) is 0. The van der Waals surface area contributed by atoms with Crippen molar-refractivity contribution in [3.05, 3.63) is 65.0 Å². The Morgan fingerprint density at radius 3 is 2.88 bits per heavy atom. The molecule has 0 atom stereocenters. The van der Waals surface area contributed by atoms with Gasteiger partial charge in [-0.3, -0.25) is 4.79 Å². The highest BCUT2D eigenvalue weighted by molar-refractivity contribution is 7.17. The van der Waals surface area contributed by atoms with Crippen molar-refractivity contribution in [2.75, 3.05) is 11.9 Å². The van der Waals surface area contributed by atoms with Crippen LogP contribution in [0.1, 0.15) is 22.2 Å². The number of carbonyl (C=O) groups is 1. The van der Waals surface area contributed by atoms with Crippen LogP contribution in [0.3, 0.4) is 0 Å². The Balaban J connectivity index is 1.62. The predicted octanol–water partition coefficient (Wildman–Crippen LogP) is 4.96. The van der Waals surface area contributed by atoms with Crippen LogP contribution in [0, 0.1) is 0 Å². The molecule has 0 saturated heterocycles. The number of carbonyl (C=O) groups excluding carboxylic acids is 1. The quantitative estimate of drug-likeness (QED) is 0.723. The Kier molecular flexibility index (Phi) is 4.15. The zero-order chi connectivity index (χ0) is 17.2. The van der Waals surface area contributed by atoms with Crippen LogP contribution in [0.5, 0.6) is 11.5 Å². The van der Waals surface area contributed by atoms with Crippen LogP contribution in [0.15, 0.2) is 54.6 Å². The van der Waals surface area contributed by atoms with Crippen LogP contribution < -0.4 is 14.8 Å². The maximum Gasteiger partial charge on any atom is 0.265 e. The average molecular weight is 351 g/mol. The number of amides is 1. The normalized spacial score (nSPS) is 11.9. The molecule has 5 heteroatoms. The number of hydrogen-bond acceptors (Lipinski definition) is 4. The number of fused-ring (bicyclic) bond motifs is 3. The molecule has 2 heterocycles. The monoisotopic (exact) mass is 351 g/mol. The van der Waals surface area contributed by atoms with E-state index in [2.05, 4.69) is 5.32 Å². The van der Waals surface area contributed by atoms with Gasteiger partial charge in [0.1, 0.15) is 18.1 Å². The lowest BCUT2D eigenvalue weighted by Crippen LogP contribution is -2.11. The SMILES string of the molecule is CCOc1ccccc1NC(=O)c1cc2c(s1)-c1ccccc1OC2. The molecule has 25 heavy (non-hydrogen) atoms. The lowest BCUT2D eigenvalue weighted by atomic mass is 10.1. The topological polar surface area (TPSA) is 47.6 Å². The lowest BCUT2D eigenvalue weighted by molar-refractivity contribution is 0.103. The minimum Gasteiger partial charge on any atom is -0.492 e. The molecule has 126 valence electrons. The zero-order valence-corrected chi connectivity index (χ0v) is 14.6. The number of rotatable bonds is 4. The van der Waals surface area contributed by atoms with Crippen molar-refractivity contribution in [2.45, 2.75) is 13.5 Å². The number of thiophene rings is 1. The largest absolute Gasteiger partial charge is 0.492 e. The highest BCUT2D eigenvalue weighted by atomic mass is 32.1. The third-order valence-electron chi connectivity index (χ3n) is 3.98. The third-order valence-corrected chi connectivity index (χ3v) is 5.19. The fraction of sp³-hybridized carbons (Fsp3) is 0.150. The first kappa shape index (κ1) is 15.7. The molecule has 0 unspecified atom stereocenters. The van der Waals surface area contributed by atoms with Crippen molar-refractivity contribution in [3.63, 3.8) is 0 Å². The molecule has 3 aromatic rings. The van der Waals surface area contributed by atoms with Gasteiger partial charge in [0.05, 0.1) is 17.2 Å². The Hall–Kier alpha value is -2.79. The molecule has 1 amide bonds. The van der Waals surface area contributed by atoms with E-state index in [1.165, 1.54) is 11.3 Å². The summed E-state index contributed by atoms with van der Waals surface area (Å²) >= 11 is 1.49. The van der Waals surface area contributed by atoms with Crippen LogP contribution in [-0.2, 0) is 6.61 Å². The molecule has 0 fully saturated rings. The summed E-state index contributed by atoms with van der Waals surface area (Å²) in [7, 11) is 0. The standard InChI is InChI=1S/C20H17NO3S/c1-2-23-17-10-6-4-8-15(17)21-20(22)18-11-13-12-24-16-9-5-3-7-14(16)19(13)25-18/h3-11H,2,12H2,1H3,(H,21,22). The molecule has 0 saturated carbocycles. The molecule has 0 aliphatic carbocycles. The smallest absolute Gasteiger partial charge is 0.265 e. The van der Waals surface area contributed by atoms with Gasteiger partial charge in [-0.2, -0.15) is 0 Å². The van der Waals surface area contributed by atoms with E-state index < -0.39 is 0 Å². The highest BCUT2D eigenvalue weighted by Gasteiger charge is 2.22.